The van der Waals surface area contributed by atoms with Gasteiger partial charge in [0.15, 0.2) is 0 Å². The Morgan fingerprint density at radius 3 is 2.10 bits per heavy atom. The summed E-state index contributed by atoms with van der Waals surface area (Å²) in [4.78, 5) is 40.9. The van der Waals surface area contributed by atoms with Crippen LogP contribution in [-0.4, -0.2) is 59.4 Å². The van der Waals surface area contributed by atoms with E-state index >= 15 is 0 Å². The second-order valence-electron chi connectivity index (χ2n) is 8.06. The first-order valence-corrected chi connectivity index (χ1v) is 10.4. The van der Waals surface area contributed by atoms with E-state index in [0.29, 0.717) is 39.0 Å². The Balaban J connectivity index is 1.74. The van der Waals surface area contributed by atoms with Gasteiger partial charge in [-0.3, -0.25) is 9.59 Å². The summed E-state index contributed by atoms with van der Waals surface area (Å²) in [5.41, 5.74) is -2.47. The molecule has 1 heterocycles. The molecule has 4 amide bonds. The lowest BCUT2D eigenvalue weighted by Gasteiger charge is -2.43. The zero-order valence-corrected chi connectivity index (χ0v) is 17.4. The zero-order chi connectivity index (χ0) is 22.6. The van der Waals surface area contributed by atoms with Gasteiger partial charge < -0.3 is 20.4 Å². The number of halogens is 3. The Bertz CT molecular complexity index is 829. The first kappa shape index (κ1) is 22.9. The number of anilines is 1. The number of nitrogens with zero attached hydrogens (tertiary/aromatic N) is 2. The minimum absolute atomic E-state index is 0.0553. The molecule has 0 spiro atoms. The van der Waals surface area contributed by atoms with E-state index in [2.05, 4.69) is 10.6 Å². The molecular weight excluding hydrogens is 413 g/mol. The van der Waals surface area contributed by atoms with Gasteiger partial charge in [-0.2, -0.15) is 13.2 Å². The van der Waals surface area contributed by atoms with Crippen LogP contribution in [0.4, 0.5) is 23.7 Å². The lowest BCUT2D eigenvalue weighted by molar-refractivity contribution is -0.144. The number of amides is 4. The molecule has 1 aliphatic carbocycles. The molecule has 0 unspecified atom stereocenters. The van der Waals surface area contributed by atoms with Crippen molar-refractivity contribution in [1.82, 2.24) is 15.1 Å². The van der Waals surface area contributed by atoms with Gasteiger partial charge in [-0.25, -0.2) is 4.79 Å². The molecule has 1 aromatic rings. The molecule has 1 saturated carbocycles. The average molecular weight is 440 g/mol. The topological polar surface area (TPSA) is 81.8 Å². The van der Waals surface area contributed by atoms with Gasteiger partial charge in [0.05, 0.1) is 11.3 Å². The predicted molar refractivity (Wildman–Crippen MR) is 108 cm³/mol. The van der Waals surface area contributed by atoms with Crippen molar-refractivity contribution >= 4 is 23.5 Å². The van der Waals surface area contributed by atoms with Crippen LogP contribution in [0.5, 0.6) is 0 Å². The van der Waals surface area contributed by atoms with Gasteiger partial charge in [-0.05, 0) is 25.0 Å². The quantitative estimate of drug-likeness (QED) is 0.757. The van der Waals surface area contributed by atoms with Crippen molar-refractivity contribution in [2.24, 2.45) is 0 Å². The third-order valence-corrected chi connectivity index (χ3v) is 5.96. The van der Waals surface area contributed by atoms with Crippen molar-refractivity contribution < 1.29 is 27.6 Å². The van der Waals surface area contributed by atoms with Crippen LogP contribution >= 0.6 is 0 Å². The first-order chi connectivity index (χ1) is 14.6. The van der Waals surface area contributed by atoms with Crippen LogP contribution in [0.3, 0.4) is 0 Å². The van der Waals surface area contributed by atoms with Crippen molar-refractivity contribution in [3.63, 3.8) is 0 Å². The Morgan fingerprint density at radius 2 is 1.52 bits per heavy atom. The summed E-state index contributed by atoms with van der Waals surface area (Å²) in [5, 5.41) is 4.98. The monoisotopic (exact) mass is 440 g/mol. The minimum Gasteiger partial charge on any atom is -0.339 e. The number of nitrogens with one attached hydrogen (secondary N) is 2. The second-order valence-corrected chi connectivity index (χ2v) is 8.06. The summed E-state index contributed by atoms with van der Waals surface area (Å²) in [6.45, 7) is 3.04. The van der Waals surface area contributed by atoms with E-state index < -0.39 is 23.3 Å². The molecule has 3 rings (SSSR count). The summed E-state index contributed by atoms with van der Waals surface area (Å²) in [6.07, 6.45) is -1.37. The molecule has 1 saturated heterocycles. The highest BCUT2D eigenvalue weighted by Crippen LogP contribution is 2.35. The molecule has 0 aromatic heterocycles. The number of carbonyl (C=O) groups is 3. The van der Waals surface area contributed by atoms with Crippen molar-refractivity contribution in [2.75, 3.05) is 31.5 Å². The maximum atomic E-state index is 13.4. The molecule has 0 atom stereocenters. The summed E-state index contributed by atoms with van der Waals surface area (Å²) < 4.78 is 39.7. The van der Waals surface area contributed by atoms with E-state index in [1.807, 2.05) is 0 Å². The number of urea groups is 1. The molecular formula is C21H27F3N4O3. The van der Waals surface area contributed by atoms with E-state index in [0.717, 1.165) is 25.3 Å². The standard InChI is InChI=1S/C21H27F3N4O3/c1-15(29)27-11-13-28(14-12-27)18(30)20(9-5-2-6-10-20)26-19(31)25-17-8-4-3-7-16(17)21(22,23)24/h3-4,7-8H,2,5-6,9-14H2,1H3,(H2,25,26,31). The fraction of sp³-hybridized carbons (Fsp3) is 0.571. The van der Waals surface area contributed by atoms with Gasteiger partial charge >= 0.3 is 12.2 Å². The number of para-hydroxylation sites is 1. The fourth-order valence-corrected chi connectivity index (χ4v) is 4.28. The largest absolute Gasteiger partial charge is 0.418 e. The molecule has 1 aliphatic heterocycles. The van der Waals surface area contributed by atoms with Gasteiger partial charge in [0, 0.05) is 33.1 Å². The Hall–Kier alpha value is -2.78. The molecule has 2 N–H and O–H groups in total. The van der Waals surface area contributed by atoms with Crippen molar-refractivity contribution in [1.29, 1.82) is 0 Å². The number of piperazine rings is 1. The third-order valence-electron chi connectivity index (χ3n) is 5.96. The third kappa shape index (κ3) is 5.29. The average Bonchev–Trinajstić information content (AvgIpc) is 2.73. The SMILES string of the molecule is CC(=O)N1CCN(C(=O)C2(NC(=O)Nc3ccccc3C(F)(F)F)CCCCC2)CC1. The van der Waals surface area contributed by atoms with Crippen LogP contribution in [0, 0.1) is 0 Å². The van der Waals surface area contributed by atoms with E-state index in [-0.39, 0.29) is 17.5 Å². The molecule has 170 valence electrons. The van der Waals surface area contributed by atoms with Crippen molar-refractivity contribution in [3.05, 3.63) is 29.8 Å². The van der Waals surface area contributed by atoms with Gasteiger partial charge in [-0.1, -0.05) is 31.4 Å². The van der Waals surface area contributed by atoms with E-state index in [1.165, 1.54) is 25.1 Å². The molecule has 1 aromatic carbocycles. The van der Waals surface area contributed by atoms with Crippen LogP contribution in [-0.2, 0) is 15.8 Å². The molecule has 2 aliphatic rings. The maximum Gasteiger partial charge on any atom is 0.418 e. The molecule has 31 heavy (non-hydrogen) atoms. The summed E-state index contributed by atoms with van der Waals surface area (Å²) in [7, 11) is 0. The maximum absolute atomic E-state index is 13.4. The number of rotatable bonds is 3. The van der Waals surface area contributed by atoms with Gasteiger partial charge in [0.1, 0.15) is 5.54 Å². The number of hydrogen-bond donors (Lipinski definition) is 2. The van der Waals surface area contributed by atoms with Gasteiger partial charge in [-0.15, -0.1) is 0 Å². The summed E-state index contributed by atoms with van der Waals surface area (Å²) in [5.74, 6) is -0.296. The smallest absolute Gasteiger partial charge is 0.339 e. The molecule has 0 bridgehead atoms. The van der Waals surface area contributed by atoms with Gasteiger partial charge in [0.2, 0.25) is 11.8 Å². The Morgan fingerprint density at radius 1 is 0.935 bits per heavy atom. The van der Waals surface area contributed by atoms with Crippen LogP contribution in [0.25, 0.3) is 0 Å². The normalized spacial score (nSPS) is 19.0. The first-order valence-electron chi connectivity index (χ1n) is 10.4. The van der Waals surface area contributed by atoms with Crippen LogP contribution in [0.2, 0.25) is 0 Å². The molecule has 10 heteroatoms. The van der Waals surface area contributed by atoms with Crippen molar-refractivity contribution in [3.8, 4) is 0 Å². The van der Waals surface area contributed by atoms with Gasteiger partial charge in [0.25, 0.3) is 0 Å². The van der Waals surface area contributed by atoms with Crippen LogP contribution in [0.15, 0.2) is 24.3 Å². The lowest BCUT2D eigenvalue weighted by atomic mass is 9.80. The second kappa shape index (κ2) is 9.15. The summed E-state index contributed by atoms with van der Waals surface area (Å²) >= 11 is 0. The van der Waals surface area contributed by atoms with Crippen LogP contribution < -0.4 is 10.6 Å². The number of alkyl halides is 3. The van der Waals surface area contributed by atoms with E-state index in [1.54, 1.807) is 9.80 Å². The molecule has 2 fully saturated rings. The highest BCUT2D eigenvalue weighted by Gasteiger charge is 2.44. The number of benzene rings is 1. The minimum atomic E-state index is -4.61. The summed E-state index contributed by atoms with van der Waals surface area (Å²) in [6, 6.07) is 3.89. The highest BCUT2D eigenvalue weighted by molar-refractivity contribution is 5.96. The predicted octanol–water partition coefficient (Wildman–Crippen LogP) is 3.22. The zero-order valence-electron chi connectivity index (χ0n) is 17.4. The number of carbonyl (C=O) groups excluding carboxylic acids is 3. The lowest BCUT2D eigenvalue weighted by Crippen LogP contribution is -2.63. The van der Waals surface area contributed by atoms with E-state index in [9.17, 15) is 27.6 Å². The Labute approximate surface area is 178 Å². The fourth-order valence-electron chi connectivity index (χ4n) is 4.28. The molecule has 0 radical (unpaired) electrons. The molecule has 7 nitrogen and oxygen atoms in total. The van der Waals surface area contributed by atoms with E-state index in [4.69, 9.17) is 0 Å². The Kier molecular flexibility index (Phi) is 6.76. The van der Waals surface area contributed by atoms with Crippen LogP contribution in [0.1, 0.15) is 44.6 Å². The number of hydrogen-bond acceptors (Lipinski definition) is 3. The van der Waals surface area contributed by atoms with Crippen molar-refractivity contribution in [2.45, 2.75) is 50.7 Å². The highest BCUT2D eigenvalue weighted by atomic mass is 19.4.